The molecular formula is C15H23NO2. The second kappa shape index (κ2) is 5.59. The predicted octanol–water partition coefficient (Wildman–Crippen LogP) is 3.47. The van der Waals surface area contributed by atoms with Crippen LogP contribution in [0.15, 0.2) is 22.8 Å². The Hall–Kier alpha value is -1.25. The largest absolute Gasteiger partial charge is 0.459 e. The molecule has 1 amide bonds. The molecule has 18 heavy (non-hydrogen) atoms. The monoisotopic (exact) mass is 249 g/mol. The summed E-state index contributed by atoms with van der Waals surface area (Å²) in [7, 11) is 0. The van der Waals surface area contributed by atoms with E-state index in [1.54, 1.807) is 18.4 Å². The van der Waals surface area contributed by atoms with Crippen LogP contribution in [0.5, 0.6) is 0 Å². The van der Waals surface area contributed by atoms with Gasteiger partial charge in [-0.05, 0) is 42.7 Å². The Labute approximate surface area is 109 Å². The summed E-state index contributed by atoms with van der Waals surface area (Å²) in [6.07, 6.45) is 5.10. The first-order chi connectivity index (χ1) is 8.58. The van der Waals surface area contributed by atoms with Crippen molar-refractivity contribution in [3.8, 4) is 0 Å². The SMILES string of the molecule is CC(C)[C@H]1CC[C@@H](C)C[C@@H]1NC(=O)c1ccco1. The molecular weight excluding hydrogens is 226 g/mol. The first-order valence-corrected chi connectivity index (χ1v) is 6.92. The summed E-state index contributed by atoms with van der Waals surface area (Å²) >= 11 is 0. The maximum Gasteiger partial charge on any atom is 0.287 e. The maximum atomic E-state index is 12.0. The molecule has 0 aliphatic heterocycles. The third-order valence-corrected chi connectivity index (χ3v) is 4.08. The lowest BCUT2D eigenvalue weighted by Gasteiger charge is -2.37. The number of hydrogen-bond acceptors (Lipinski definition) is 2. The number of amides is 1. The smallest absolute Gasteiger partial charge is 0.287 e. The fourth-order valence-corrected chi connectivity index (χ4v) is 3.02. The van der Waals surface area contributed by atoms with E-state index in [2.05, 4.69) is 26.1 Å². The molecule has 1 fully saturated rings. The Morgan fingerprint density at radius 3 is 2.83 bits per heavy atom. The molecule has 1 aliphatic carbocycles. The lowest BCUT2D eigenvalue weighted by molar-refractivity contribution is 0.0840. The molecule has 1 aliphatic rings. The van der Waals surface area contributed by atoms with Crippen LogP contribution in [-0.2, 0) is 0 Å². The quantitative estimate of drug-likeness (QED) is 0.891. The standard InChI is InChI=1S/C15H23NO2/c1-10(2)12-7-6-11(3)9-13(12)16-15(17)14-5-4-8-18-14/h4-5,8,10-13H,6-7,9H2,1-3H3,(H,16,17)/t11-,12-,13+/m1/s1. The first kappa shape index (κ1) is 13.2. The summed E-state index contributed by atoms with van der Waals surface area (Å²) in [5, 5.41) is 3.15. The second-order valence-corrected chi connectivity index (χ2v) is 5.88. The van der Waals surface area contributed by atoms with E-state index in [-0.39, 0.29) is 11.9 Å². The van der Waals surface area contributed by atoms with E-state index in [9.17, 15) is 4.79 Å². The van der Waals surface area contributed by atoms with E-state index in [0.717, 1.165) is 6.42 Å². The average molecular weight is 249 g/mol. The van der Waals surface area contributed by atoms with Gasteiger partial charge >= 0.3 is 0 Å². The van der Waals surface area contributed by atoms with Crippen LogP contribution >= 0.6 is 0 Å². The summed E-state index contributed by atoms with van der Waals surface area (Å²) in [6.45, 7) is 6.75. The van der Waals surface area contributed by atoms with Crippen LogP contribution in [0.2, 0.25) is 0 Å². The van der Waals surface area contributed by atoms with Gasteiger partial charge in [-0.2, -0.15) is 0 Å². The lowest BCUT2D eigenvalue weighted by atomic mass is 9.74. The van der Waals surface area contributed by atoms with Gasteiger partial charge in [0.15, 0.2) is 5.76 Å². The molecule has 100 valence electrons. The van der Waals surface area contributed by atoms with Crippen molar-refractivity contribution in [2.75, 3.05) is 0 Å². The zero-order chi connectivity index (χ0) is 13.1. The molecule has 1 saturated carbocycles. The van der Waals surface area contributed by atoms with E-state index in [4.69, 9.17) is 4.42 Å². The fraction of sp³-hybridized carbons (Fsp3) is 0.667. The zero-order valence-electron chi connectivity index (χ0n) is 11.5. The molecule has 1 aromatic rings. The highest BCUT2D eigenvalue weighted by Gasteiger charge is 2.32. The van der Waals surface area contributed by atoms with Crippen LogP contribution in [0.1, 0.15) is 50.6 Å². The molecule has 0 unspecified atom stereocenters. The van der Waals surface area contributed by atoms with Crippen LogP contribution in [0, 0.1) is 17.8 Å². The molecule has 3 nitrogen and oxygen atoms in total. The van der Waals surface area contributed by atoms with Gasteiger partial charge in [-0.25, -0.2) is 0 Å². The summed E-state index contributed by atoms with van der Waals surface area (Å²) in [5.74, 6) is 2.22. The minimum absolute atomic E-state index is 0.0789. The molecule has 0 spiro atoms. The number of rotatable bonds is 3. The number of hydrogen-bond donors (Lipinski definition) is 1. The normalized spacial score (nSPS) is 28.3. The Balaban J connectivity index is 2.02. The third kappa shape index (κ3) is 2.95. The van der Waals surface area contributed by atoms with E-state index < -0.39 is 0 Å². The maximum absolute atomic E-state index is 12.0. The van der Waals surface area contributed by atoms with Crippen LogP contribution in [0.3, 0.4) is 0 Å². The summed E-state index contributed by atoms with van der Waals surface area (Å²) < 4.78 is 5.15. The van der Waals surface area contributed by atoms with Crippen molar-refractivity contribution in [3.63, 3.8) is 0 Å². The van der Waals surface area contributed by atoms with Crippen molar-refractivity contribution in [1.82, 2.24) is 5.32 Å². The van der Waals surface area contributed by atoms with Gasteiger partial charge < -0.3 is 9.73 Å². The van der Waals surface area contributed by atoms with Crippen molar-refractivity contribution in [3.05, 3.63) is 24.2 Å². The number of carbonyl (C=O) groups excluding carboxylic acids is 1. The average Bonchev–Trinajstić information content (AvgIpc) is 2.81. The van der Waals surface area contributed by atoms with E-state index in [1.807, 2.05) is 0 Å². The van der Waals surface area contributed by atoms with Gasteiger partial charge in [0, 0.05) is 6.04 Å². The highest BCUT2D eigenvalue weighted by molar-refractivity contribution is 5.91. The predicted molar refractivity (Wildman–Crippen MR) is 71.3 cm³/mol. The molecule has 1 heterocycles. The number of nitrogens with one attached hydrogen (secondary N) is 1. The molecule has 0 radical (unpaired) electrons. The zero-order valence-corrected chi connectivity index (χ0v) is 11.5. The van der Waals surface area contributed by atoms with E-state index in [1.165, 1.54) is 12.8 Å². The summed E-state index contributed by atoms with van der Waals surface area (Å²) in [6, 6.07) is 3.75. The minimum atomic E-state index is -0.0789. The van der Waals surface area contributed by atoms with Gasteiger partial charge in [0.05, 0.1) is 6.26 Å². The first-order valence-electron chi connectivity index (χ1n) is 6.92. The number of furan rings is 1. The minimum Gasteiger partial charge on any atom is -0.459 e. The van der Waals surface area contributed by atoms with Gasteiger partial charge in [-0.1, -0.05) is 27.2 Å². The Kier molecular flexibility index (Phi) is 4.10. The van der Waals surface area contributed by atoms with Gasteiger partial charge in [0.2, 0.25) is 0 Å². The van der Waals surface area contributed by atoms with Crippen LogP contribution in [0.4, 0.5) is 0 Å². The molecule has 3 heteroatoms. The Bertz CT molecular complexity index is 383. The molecule has 2 rings (SSSR count). The lowest BCUT2D eigenvalue weighted by Crippen LogP contribution is -2.45. The number of carbonyl (C=O) groups is 1. The van der Waals surface area contributed by atoms with Crippen molar-refractivity contribution < 1.29 is 9.21 Å². The van der Waals surface area contributed by atoms with Crippen LogP contribution in [-0.4, -0.2) is 11.9 Å². The third-order valence-electron chi connectivity index (χ3n) is 4.08. The Morgan fingerprint density at radius 2 is 2.22 bits per heavy atom. The van der Waals surface area contributed by atoms with E-state index in [0.29, 0.717) is 23.5 Å². The Morgan fingerprint density at radius 1 is 1.44 bits per heavy atom. The topological polar surface area (TPSA) is 42.2 Å². The second-order valence-electron chi connectivity index (χ2n) is 5.88. The van der Waals surface area contributed by atoms with Gasteiger partial charge in [0.1, 0.15) is 0 Å². The molecule has 0 aromatic carbocycles. The molecule has 3 atom stereocenters. The fourth-order valence-electron chi connectivity index (χ4n) is 3.02. The van der Waals surface area contributed by atoms with Gasteiger partial charge in [-0.3, -0.25) is 4.79 Å². The van der Waals surface area contributed by atoms with Crippen LogP contribution in [0.25, 0.3) is 0 Å². The molecule has 1 aromatic heterocycles. The van der Waals surface area contributed by atoms with Crippen molar-refractivity contribution in [2.24, 2.45) is 17.8 Å². The molecule has 0 saturated heterocycles. The van der Waals surface area contributed by atoms with Gasteiger partial charge in [0.25, 0.3) is 5.91 Å². The molecule has 1 N–H and O–H groups in total. The van der Waals surface area contributed by atoms with Gasteiger partial charge in [-0.15, -0.1) is 0 Å². The van der Waals surface area contributed by atoms with Crippen molar-refractivity contribution in [2.45, 2.75) is 46.1 Å². The highest BCUT2D eigenvalue weighted by atomic mass is 16.3. The highest BCUT2D eigenvalue weighted by Crippen LogP contribution is 2.33. The van der Waals surface area contributed by atoms with Crippen LogP contribution < -0.4 is 5.32 Å². The van der Waals surface area contributed by atoms with Crippen molar-refractivity contribution in [1.29, 1.82) is 0 Å². The van der Waals surface area contributed by atoms with E-state index >= 15 is 0 Å². The summed E-state index contributed by atoms with van der Waals surface area (Å²) in [4.78, 5) is 12.0. The van der Waals surface area contributed by atoms with Crippen molar-refractivity contribution >= 4 is 5.91 Å². The summed E-state index contributed by atoms with van der Waals surface area (Å²) in [5.41, 5.74) is 0. The molecule has 0 bridgehead atoms.